The van der Waals surface area contributed by atoms with Crippen LogP contribution in [0.15, 0.2) is 48.5 Å². The third kappa shape index (κ3) is 4.94. The first-order valence-electron chi connectivity index (χ1n) is 9.42. The maximum atomic E-state index is 12.8. The highest BCUT2D eigenvalue weighted by atomic mass is 32.2. The molecule has 1 saturated heterocycles. The fourth-order valence-electron chi connectivity index (χ4n) is 3.17. The number of benzene rings is 2. The van der Waals surface area contributed by atoms with Crippen molar-refractivity contribution in [3.63, 3.8) is 0 Å². The first kappa shape index (κ1) is 20.8. The van der Waals surface area contributed by atoms with Gasteiger partial charge in [0.25, 0.3) is 5.91 Å². The second-order valence-electron chi connectivity index (χ2n) is 6.68. The number of nitrogens with zero attached hydrogens (tertiary/aromatic N) is 3. The Kier molecular flexibility index (Phi) is 6.52. The van der Waals surface area contributed by atoms with Crippen LogP contribution in [0.2, 0.25) is 0 Å². The minimum atomic E-state index is -3.23. The number of ether oxygens (including phenoxy) is 1. The number of hydrogen-bond donors (Lipinski definition) is 0. The van der Waals surface area contributed by atoms with Crippen LogP contribution in [0.25, 0.3) is 0 Å². The van der Waals surface area contributed by atoms with E-state index in [1.807, 2.05) is 12.1 Å². The van der Waals surface area contributed by atoms with Gasteiger partial charge in [-0.05, 0) is 31.2 Å². The highest BCUT2D eigenvalue weighted by molar-refractivity contribution is 7.89. The molecule has 1 amide bonds. The van der Waals surface area contributed by atoms with Crippen molar-refractivity contribution in [2.24, 2.45) is 0 Å². The van der Waals surface area contributed by atoms with E-state index in [4.69, 9.17) is 10.00 Å². The minimum absolute atomic E-state index is 0.0647. The maximum Gasteiger partial charge on any atom is 0.254 e. The van der Waals surface area contributed by atoms with E-state index in [1.165, 1.54) is 4.31 Å². The van der Waals surface area contributed by atoms with Crippen LogP contribution in [-0.2, 0) is 16.6 Å². The van der Waals surface area contributed by atoms with E-state index in [9.17, 15) is 13.2 Å². The Bertz CT molecular complexity index is 1020. The Labute approximate surface area is 171 Å². The molecule has 1 heterocycles. The van der Waals surface area contributed by atoms with Crippen molar-refractivity contribution in [1.82, 2.24) is 9.21 Å². The lowest BCUT2D eigenvalue weighted by atomic mass is 10.1. The van der Waals surface area contributed by atoms with Crippen LogP contribution in [0.4, 0.5) is 0 Å². The number of carbonyl (C=O) groups is 1. The summed E-state index contributed by atoms with van der Waals surface area (Å²) in [6.45, 7) is 3.19. The van der Waals surface area contributed by atoms with Crippen molar-refractivity contribution in [2.45, 2.75) is 13.5 Å². The first-order chi connectivity index (χ1) is 13.9. The first-order valence-corrected chi connectivity index (χ1v) is 11.0. The van der Waals surface area contributed by atoms with Crippen LogP contribution in [0.1, 0.15) is 28.4 Å². The summed E-state index contributed by atoms with van der Waals surface area (Å²) in [7, 11) is -3.23. The molecule has 1 aliphatic rings. The predicted octanol–water partition coefficient (Wildman–Crippen LogP) is 2.24. The van der Waals surface area contributed by atoms with Crippen LogP contribution in [-0.4, -0.2) is 55.5 Å². The van der Waals surface area contributed by atoms with Crippen LogP contribution in [0, 0.1) is 11.3 Å². The number of sulfonamides is 1. The zero-order valence-corrected chi connectivity index (χ0v) is 17.1. The molecule has 1 aliphatic heterocycles. The lowest BCUT2D eigenvalue weighted by molar-refractivity contribution is 0.0697. The van der Waals surface area contributed by atoms with Crippen molar-refractivity contribution in [2.75, 3.05) is 31.9 Å². The summed E-state index contributed by atoms with van der Waals surface area (Å²) >= 11 is 0. The topological polar surface area (TPSA) is 90.7 Å². The molecular weight excluding hydrogens is 390 g/mol. The zero-order valence-electron chi connectivity index (χ0n) is 16.2. The van der Waals surface area contributed by atoms with Crippen molar-refractivity contribution >= 4 is 15.9 Å². The average molecular weight is 413 g/mol. The Morgan fingerprint density at radius 3 is 2.52 bits per heavy atom. The molecule has 2 aromatic carbocycles. The largest absolute Gasteiger partial charge is 0.489 e. The smallest absolute Gasteiger partial charge is 0.254 e. The Hall–Kier alpha value is -2.89. The van der Waals surface area contributed by atoms with Gasteiger partial charge in [-0.1, -0.05) is 24.3 Å². The van der Waals surface area contributed by atoms with E-state index in [-0.39, 0.29) is 18.3 Å². The molecule has 1 fully saturated rings. The molecule has 0 aromatic heterocycles. The third-order valence-electron chi connectivity index (χ3n) is 4.90. The lowest BCUT2D eigenvalue weighted by Gasteiger charge is -2.33. The van der Waals surface area contributed by atoms with E-state index in [2.05, 4.69) is 6.07 Å². The van der Waals surface area contributed by atoms with Crippen molar-refractivity contribution in [3.05, 3.63) is 65.2 Å². The molecule has 0 spiro atoms. The van der Waals surface area contributed by atoms with E-state index >= 15 is 0 Å². The SMILES string of the molecule is CCS(=O)(=O)N1CCN(C(=O)c2cccc(OCc3ccccc3C#N)c2)CC1. The van der Waals surface area contributed by atoms with Crippen LogP contribution >= 0.6 is 0 Å². The van der Waals surface area contributed by atoms with E-state index < -0.39 is 10.0 Å². The number of piperazine rings is 1. The fraction of sp³-hybridized carbons (Fsp3) is 0.333. The van der Waals surface area contributed by atoms with Gasteiger partial charge in [0.15, 0.2) is 0 Å². The van der Waals surface area contributed by atoms with Crippen molar-refractivity contribution in [1.29, 1.82) is 5.26 Å². The van der Waals surface area contributed by atoms with Gasteiger partial charge in [-0.3, -0.25) is 4.79 Å². The van der Waals surface area contributed by atoms with E-state index in [0.717, 1.165) is 5.56 Å². The molecule has 0 radical (unpaired) electrons. The molecule has 0 unspecified atom stereocenters. The zero-order chi connectivity index (χ0) is 20.9. The Morgan fingerprint density at radius 1 is 1.10 bits per heavy atom. The summed E-state index contributed by atoms with van der Waals surface area (Å²) in [6.07, 6.45) is 0. The Balaban J connectivity index is 1.64. The molecule has 0 saturated carbocycles. The van der Waals surface area contributed by atoms with Gasteiger partial charge in [0.2, 0.25) is 10.0 Å². The molecule has 29 heavy (non-hydrogen) atoms. The van der Waals surface area contributed by atoms with E-state index in [0.29, 0.717) is 43.1 Å². The van der Waals surface area contributed by atoms with Gasteiger partial charge >= 0.3 is 0 Å². The standard InChI is InChI=1S/C21H23N3O4S/c1-2-29(26,27)24-12-10-23(11-13-24)21(25)17-8-5-9-20(14-17)28-16-19-7-4-3-6-18(19)15-22/h3-9,14H,2,10-13,16H2,1H3. The highest BCUT2D eigenvalue weighted by Gasteiger charge is 2.28. The number of nitriles is 1. The summed E-state index contributed by atoms with van der Waals surface area (Å²) in [5.41, 5.74) is 1.82. The number of carbonyl (C=O) groups excluding carboxylic acids is 1. The highest BCUT2D eigenvalue weighted by Crippen LogP contribution is 2.19. The molecule has 0 bridgehead atoms. The number of hydrogen-bond acceptors (Lipinski definition) is 5. The fourth-order valence-corrected chi connectivity index (χ4v) is 4.25. The van der Waals surface area contributed by atoms with Crippen LogP contribution < -0.4 is 4.74 Å². The Morgan fingerprint density at radius 2 is 1.83 bits per heavy atom. The van der Waals surface area contributed by atoms with Crippen LogP contribution in [0.5, 0.6) is 5.75 Å². The van der Waals surface area contributed by atoms with Gasteiger partial charge < -0.3 is 9.64 Å². The van der Waals surface area contributed by atoms with Crippen molar-refractivity contribution < 1.29 is 17.9 Å². The van der Waals surface area contributed by atoms with Crippen LogP contribution in [0.3, 0.4) is 0 Å². The monoisotopic (exact) mass is 413 g/mol. The molecule has 7 nitrogen and oxygen atoms in total. The molecule has 0 atom stereocenters. The third-order valence-corrected chi connectivity index (χ3v) is 6.78. The second kappa shape index (κ2) is 9.07. The number of amides is 1. The summed E-state index contributed by atoms with van der Waals surface area (Å²) in [5, 5.41) is 9.16. The molecule has 152 valence electrons. The predicted molar refractivity (Wildman–Crippen MR) is 109 cm³/mol. The molecule has 3 rings (SSSR count). The van der Waals surface area contributed by atoms with Crippen molar-refractivity contribution in [3.8, 4) is 11.8 Å². The van der Waals surface area contributed by atoms with E-state index in [1.54, 1.807) is 48.2 Å². The summed E-state index contributed by atoms with van der Waals surface area (Å²) in [5.74, 6) is 0.451. The molecular formula is C21H23N3O4S. The van der Waals surface area contributed by atoms with Gasteiger partial charge in [-0.15, -0.1) is 0 Å². The van der Waals surface area contributed by atoms with Gasteiger partial charge in [0, 0.05) is 37.3 Å². The maximum absolute atomic E-state index is 12.8. The lowest BCUT2D eigenvalue weighted by Crippen LogP contribution is -2.50. The normalized spacial score (nSPS) is 15.0. The molecule has 2 aromatic rings. The van der Waals surface area contributed by atoms with Gasteiger partial charge in [-0.2, -0.15) is 9.57 Å². The number of rotatable bonds is 6. The van der Waals surface area contributed by atoms with Gasteiger partial charge in [0.05, 0.1) is 17.4 Å². The molecule has 0 N–H and O–H groups in total. The molecule has 8 heteroatoms. The molecule has 0 aliphatic carbocycles. The van der Waals surface area contributed by atoms with Gasteiger partial charge in [-0.25, -0.2) is 8.42 Å². The summed E-state index contributed by atoms with van der Waals surface area (Å²) in [6, 6.07) is 16.2. The quantitative estimate of drug-likeness (QED) is 0.724. The van der Waals surface area contributed by atoms with Gasteiger partial charge in [0.1, 0.15) is 12.4 Å². The summed E-state index contributed by atoms with van der Waals surface area (Å²) in [4.78, 5) is 14.5. The minimum Gasteiger partial charge on any atom is -0.489 e. The second-order valence-corrected chi connectivity index (χ2v) is 8.93. The summed E-state index contributed by atoms with van der Waals surface area (Å²) < 4.78 is 31.1. The average Bonchev–Trinajstić information content (AvgIpc) is 2.77.